The molecule has 0 radical (unpaired) electrons. The molecular weight excluding hydrogens is 411 g/mol. The van der Waals surface area contributed by atoms with Crippen molar-refractivity contribution >= 4 is 39.5 Å². The summed E-state index contributed by atoms with van der Waals surface area (Å²) < 4.78 is 14.7. The Bertz CT molecular complexity index is 1180. The highest BCUT2D eigenvalue weighted by Crippen LogP contribution is 2.25. The van der Waals surface area contributed by atoms with Gasteiger partial charge in [-0.05, 0) is 49.0 Å². The maximum Gasteiger partial charge on any atom is 0.257 e. The van der Waals surface area contributed by atoms with Crippen molar-refractivity contribution in [1.82, 2.24) is 30.4 Å². The highest BCUT2D eigenvalue weighted by molar-refractivity contribution is 7.80. The molecule has 0 spiro atoms. The predicted octanol–water partition coefficient (Wildman–Crippen LogP) is 3.10. The van der Waals surface area contributed by atoms with Gasteiger partial charge >= 0.3 is 0 Å². The van der Waals surface area contributed by atoms with Crippen molar-refractivity contribution in [3.05, 3.63) is 71.3 Å². The van der Waals surface area contributed by atoms with E-state index in [4.69, 9.17) is 12.2 Å². The zero-order valence-corrected chi connectivity index (χ0v) is 16.9. The van der Waals surface area contributed by atoms with Gasteiger partial charge in [0, 0.05) is 17.7 Å². The van der Waals surface area contributed by atoms with E-state index in [2.05, 4.69) is 25.9 Å². The molecule has 7 nitrogen and oxygen atoms in total. The number of nitrogens with zero attached hydrogens (tertiary/aromatic N) is 4. The molecule has 0 unspecified atom stereocenters. The molecule has 0 aliphatic heterocycles. The molecule has 2 aromatic heterocycles. The van der Waals surface area contributed by atoms with Gasteiger partial charge in [-0.15, -0.1) is 10.2 Å². The summed E-state index contributed by atoms with van der Waals surface area (Å²) in [5.74, 6) is -0.0414. The molecule has 2 heterocycles. The second-order valence-corrected chi connectivity index (χ2v) is 7.55. The minimum atomic E-state index is -0.399. The summed E-state index contributed by atoms with van der Waals surface area (Å²) in [6, 6.07) is 13.1. The molecule has 0 saturated heterocycles. The Labute approximate surface area is 174 Å². The first-order valence-electron chi connectivity index (χ1n) is 8.62. The summed E-state index contributed by atoms with van der Waals surface area (Å²) in [4.78, 5) is 12.8. The molecule has 29 heavy (non-hydrogen) atoms. The summed E-state index contributed by atoms with van der Waals surface area (Å²) >= 11 is 6.63. The highest BCUT2D eigenvalue weighted by atomic mass is 32.1. The largest absolute Gasteiger partial charge is 0.358 e. The molecule has 4 aromatic rings. The number of carbonyl (C=O) groups excluding carboxylic acids is 1. The molecule has 146 valence electrons. The van der Waals surface area contributed by atoms with E-state index in [1.807, 2.05) is 31.2 Å². The molecular formula is C19H15FN6OS2. The number of halogens is 1. The Balaban J connectivity index is 1.34. The van der Waals surface area contributed by atoms with E-state index < -0.39 is 11.7 Å². The standard InChI is InChI=1S/C19H15FN6OS2/c1-11-23-24-19-26(11)25-17(29-19)14-4-2-12(3-5-14)10-21-18(28)22-16(27)13-6-8-15(20)9-7-13/h2-9H,10H2,1H3,(H2,21,22,27,28). The first-order valence-corrected chi connectivity index (χ1v) is 9.85. The molecule has 0 fully saturated rings. The smallest absolute Gasteiger partial charge is 0.257 e. The quantitative estimate of drug-likeness (QED) is 0.488. The lowest BCUT2D eigenvalue weighted by Gasteiger charge is -2.10. The van der Waals surface area contributed by atoms with E-state index in [1.165, 1.54) is 35.6 Å². The van der Waals surface area contributed by atoms with Crippen molar-refractivity contribution < 1.29 is 9.18 Å². The number of fused-ring (bicyclic) bond motifs is 1. The fourth-order valence-corrected chi connectivity index (χ4v) is 3.65. The van der Waals surface area contributed by atoms with Crippen LogP contribution in [-0.4, -0.2) is 30.8 Å². The number of thiocarbonyl (C=S) groups is 1. The normalized spacial score (nSPS) is 10.8. The van der Waals surface area contributed by atoms with Crippen molar-refractivity contribution in [1.29, 1.82) is 0 Å². The Morgan fingerprint density at radius 3 is 2.55 bits per heavy atom. The van der Waals surface area contributed by atoms with Gasteiger partial charge in [-0.2, -0.15) is 9.61 Å². The third kappa shape index (κ3) is 4.28. The zero-order chi connectivity index (χ0) is 20.4. The molecule has 10 heteroatoms. The van der Waals surface area contributed by atoms with Crippen LogP contribution in [0.25, 0.3) is 15.5 Å². The molecule has 0 aliphatic carbocycles. The number of amides is 1. The second kappa shape index (κ2) is 8.02. The third-order valence-electron chi connectivity index (χ3n) is 4.13. The van der Waals surface area contributed by atoms with Crippen LogP contribution in [0.1, 0.15) is 21.7 Å². The summed E-state index contributed by atoms with van der Waals surface area (Å²) in [7, 11) is 0. The van der Waals surface area contributed by atoms with Crippen LogP contribution in [0.15, 0.2) is 48.5 Å². The van der Waals surface area contributed by atoms with Crippen molar-refractivity contribution in [3.63, 3.8) is 0 Å². The lowest BCUT2D eigenvalue weighted by molar-refractivity contribution is 0.0976. The average Bonchev–Trinajstić information content (AvgIpc) is 3.29. The zero-order valence-electron chi connectivity index (χ0n) is 15.2. The predicted molar refractivity (Wildman–Crippen MR) is 112 cm³/mol. The van der Waals surface area contributed by atoms with Crippen molar-refractivity contribution in [3.8, 4) is 10.6 Å². The minimum absolute atomic E-state index is 0.201. The van der Waals surface area contributed by atoms with Crippen LogP contribution in [0.5, 0.6) is 0 Å². The van der Waals surface area contributed by atoms with Gasteiger partial charge in [-0.1, -0.05) is 35.6 Å². The van der Waals surface area contributed by atoms with Gasteiger partial charge in [0.15, 0.2) is 10.9 Å². The number of benzene rings is 2. The van der Waals surface area contributed by atoms with E-state index >= 15 is 0 Å². The Hall–Kier alpha value is -3.24. The fourth-order valence-electron chi connectivity index (χ4n) is 2.60. The SMILES string of the molecule is Cc1nnc2sc(-c3ccc(CNC(=S)NC(=O)c4ccc(F)cc4)cc3)nn12. The monoisotopic (exact) mass is 426 g/mol. The molecule has 1 amide bonds. The van der Waals surface area contributed by atoms with Crippen LogP contribution in [0.4, 0.5) is 4.39 Å². The van der Waals surface area contributed by atoms with Crippen LogP contribution >= 0.6 is 23.6 Å². The van der Waals surface area contributed by atoms with Gasteiger partial charge in [0.1, 0.15) is 10.8 Å². The Kier molecular flexibility index (Phi) is 5.28. The van der Waals surface area contributed by atoms with Crippen LogP contribution in [0.2, 0.25) is 0 Å². The lowest BCUT2D eigenvalue weighted by atomic mass is 10.1. The number of aryl methyl sites for hydroxylation is 1. The average molecular weight is 427 g/mol. The number of aromatic nitrogens is 4. The van der Waals surface area contributed by atoms with E-state index in [-0.39, 0.29) is 5.11 Å². The maximum absolute atomic E-state index is 12.9. The number of hydrogen-bond acceptors (Lipinski definition) is 6. The number of nitrogens with one attached hydrogen (secondary N) is 2. The van der Waals surface area contributed by atoms with Gasteiger partial charge in [-0.3, -0.25) is 10.1 Å². The van der Waals surface area contributed by atoms with E-state index in [1.54, 1.807) is 4.52 Å². The first kappa shape index (κ1) is 19.1. The van der Waals surface area contributed by atoms with Gasteiger partial charge < -0.3 is 5.32 Å². The van der Waals surface area contributed by atoms with Crippen LogP contribution in [-0.2, 0) is 6.54 Å². The van der Waals surface area contributed by atoms with Crippen molar-refractivity contribution in [2.45, 2.75) is 13.5 Å². The molecule has 0 bridgehead atoms. The minimum Gasteiger partial charge on any atom is -0.358 e. The van der Waals surface area contributed by atoms with Crippen molar-refractivity contribution in [2.75, 3.05) is 0 Å². The third-order valence-corrected chi connectivity index (χ3v) is 5.33. The molecule has 2 N–H and O–H groups in total. The van der Waals surface area contributed by atoms with Crippen molar-refractivity contribution in [2.24, 2.45) is 0 Å². The topological polar surface area (TPSA) is 84.2 Å². The molecule has 0 atom stereocenters. The van der Waals surface area contributed by atoms with E-state index in [0.29, 0.717) is 12.1 Å². The lowest BCUT2D eigenvalue weighted by Crippen LogP contribution is -2.38. The van der Waals surface area contributed by atoms with Gasteiger partial charge in [0.2, 0.25) is 4.96 Å². The molecule has 0 saturated carbocycles. The summed E-state index contributed by atoms with van der Waals surface area (Å²) in [6.07, 6.45) is 0. The van der Waals surface area contributed by atoms with Crippen LogP contribution in [0.3, 0.4) is 0 Å². The van der Waals surface area contributed by atoms with Crippen LogP contribution in [0, 0.1) is 12.7 Å². The summed E-state index contributed by atoms with van der Waals surface area (Å²) in [6.45, 7) is 2.31. The summed E-state index contributed by atoms with van der Waals surface area (Å²) in [5.41, 5.74) is 2.31. The van der Waals surface area contributed by atoms with E-state index in [0.717, 1.165) is 26.9 Å². The number of rotatable bonds is 4. The van der Waals surface area contributed by atoms with E-state index in [9.17, 15) is 9.18 Å². The maximum atomic E-state index is 12.9. The highest BCUT2D eigenvalue weighted by Gasteiger charge is 2.11. The van der Waals surface area contributed by atoms with Crippen LogP contribution < -0.4 is 10.6 Å². The molecule has 0 aliphatic rings. The summed E-state index contributed by atoms with van der Waals surface area (Å²) in [5, 5.41) is 19.2. The van der Waals surface area contributed by atoms with Gasteiger partial charge in [0.25, 0.3) is 5.91 Å². The van der Waals surface area contributed by atoms with Gasteiger partial charge in [0.05, 0.1) is 0 Å². The van der Waals surface area contributed by atoms with Gasteiger partial charge in [-0.25, -0.2) is 4.39 Å². The molecule has 2 aromatic carbocycles. The Morgan fingerprint density at radius 2 is 1.86 bits per heavy atom. The fraction of sp³-hybridized carbons (Fsp3) is 0.105. The second-order valence-electron chi connectivity index (χ2n) is 6.19. The number of carbonyl (C=O) groups is 1. The number of hydrogen-bond donors (Lipinski definition) is 2. The Morgan fingerprint density at radius 1 is 1.14 bits per heavy atom. The first-order chi connectivity index (χ1) is 14.0. The molecule has 4 rings (SSSR count).